The van der Waals surface area contributed by atoms with E-state index in [4.69, 9.17) is 0 Å². The van der Waals surface area contributed by atoms with Gasteiger partial charge in [0, 0.05) is 17.3 Å². The normalized spacial score (nSPS) is 13.3. The molecule has 2 heterocycles. The lowest BCUT2D eigenvalue weighted by Crippen LogP contribution is -2.31. The first-order chi connectivity index (χ1) is 11.5. The van der Waals surface area contributed by atoms with Gasteiger partial charge in [-0.1, -0.05) is 20.8 Å². The number of hydrogen-bond acceptors (Lipinski definition) is 4. The predicted molar refractivity (Wildman–Crippen MR) is 88.3 cm³/mol. The first kappa shape index (κ1) is 19.0. The Balaban J connectivity index is 2.19. The van der Waals surface area contributed by atoms with Crippen molar-refractivity contribution in [3.63, 3.8) is 0 Å². The van der Waals surface area contributed by atoms with E-state index in [0.717, 1.165) is 11.1 Å². The number of nitrogens with zero attached hydrogens (tertiary/aromatic N) is 3. The van der Waals surface area contributed by atoms with Crippen molar-refractivity contribution >= 4 is 22.9 Å². The largest absolute Gasteiger partial charge is 0.411 e. The molecule has 0 saturated heterocycles. The first-order valence-corrected chi connectivity index (χ1v) is 8.24. The van der Waals surface area contributed by atoms with Crippen LogP contribution in [0.5, 0.6) is 0 Å². The smallest absolute Gasteiger partial charge is 0.324 e. The van der Waals surface area contributed by atoms with Gasteiger partial charge < -0.3 is 5.32 Å². The van der Waals surface area contributed by atoms with Gasteiger partial charge in [-0.2, -0.15) is 23.5 Å². The first-order valence-electron chi connectivity index (χ1n) is 7.42. The lowest BCUT2D eigenvalue weighted by atomic mass is 9.94. The Morgan fingerprint density at radius 1 is 1.44 bits per heavy atom. The Morgan fingerprint density at radius 3 is 2.60 bits per heavy atom. The van der Waals surface area contributed by atoms with Crippen molar-refractivity contribution in [3.05, 3.63) is 34.3 Å². The Bertz CT molecular complexity index is 782. The van der Waals surface area contributed by atoms with Gasteiger partial charge in [0.25, 0.3) is 0 Å². The summed E-state index contributed by atoms with van der Waals surface area (Å²) in [5.74, 6) is -0.826. The number of carbonyl (C=O) groups is 1. The van der Waals surface area contributed by atoms with Gasteiger partial charge in [0.1, 0.15) is 10.9 Å². The summed E-state index contributed by atoms with van der Waals surface area (Å²) in [5.41, 5.74) is 0.00632. The molecule has 1 unspecified atom stereocenters. The molecule has 1 atom stereocenters. The summed E-state index contributed by atoms with van der Waals surface area (Å²) < 4.78 is 40.3. The zero-order valence-electron chi connectivity index (χ0n) is 13.9. The Labute approximate surface area is 147 Å². The minimum atomic E-state index is -4.62. The lowest BCUT2D eigenvalue weighted by molar-refractivity contribution is -0.174. The summed E-state index contributed by atoms with van der Waals surface area (Å²) >= 11 is 1.22. The van der Waals surface area contributed by atoms with Crippen molar-refractivity contribution in [2.24, 2.45) is 0 Å². The third-order valence-electron chi connectivity index (χ3n) is 3.45. The van der Waals surface area contributed by atoms with E-state index in [-0.39, 0.29) is 16.0 Å². The topological polar surface area (TPSA) is 70.7 Å². The number of rotatable bonds is 4. The van der Waals surface area contributed by atoms with Crippen LogP contribution in [0.15, 0.2) is 24.5 Å². The van der Waals surface area contributed by atoms with Crippen LogP contribution in [-0.2, 0) is 10.2 Å². The predicted octanol–water partition coefficient (Wildman–Crippen LogP) is 4.25. The fraction of sp³-hybridized carbons (Fsp3) is 0.438. The number of anilines is 1. The van der Waals surface area contributed by atoms with E-state index in [1.54, 1.807) is 6.07 Å². The monoisotopic (exact) mass is 370 g/mol. The van der Waals surface area contributed by atoms with Crippen molar-refractivity contribution in [1.82, 2.24) is 9.78 Å². The van der Waals surface area contributed by atoms with Crippen LogP contribution >= 0.6 is 11.3 Å². The van der Waals surface area contributed by atoms with Gasteiger partial charge in [-0.25, -0.2) is 0 Å². The Morgan fingerprint density at radius 2 is 2.12 bits per heavy atom. The SMILES string of the molecule is CC(C)(C)c1cc(NC(=O)CC(n2cccn2)C(F)(F)F)c(C#N)s1. The molecule has 134 valence electrons. The van der Waals surface area contributed by atoms with Gasteiger partial charge in [-0.05, 0) is 17.5 Å². The van der Waals surface area contributed by atoms with E-state index in [1.807, 2.05) is 26.8 Å². The Hall–Kier alpha value is -2.34. The van der Waals surface area contributed by atoms with E-state index in [9.17, 15) is 23.2 Å². The highest BCUT2D eigenvalue weighted by atomic mass is 32.1. The summed E-state index contributed by atoms with van der Waals surface area (Å²) in [5, 5.41) is 15.2. The molecule has 2 aromatic rings. The number of thiophene rings is 1. The van der Waals surface area contributed by atoms with E-state index < -0.39 is 24.5 Å². The minimum Gasteiger partial charge on any atom is -0.324 e. The molecule has 0 aromatic carbocycles. The number of carbonyl (C=O) groups excluding carboxylic acids is 1. The highest BCUT2D eigenvalue weighted by Crippen LogP contribution is 2.36. The number of aromatic nitrogens is 2. The van der Waals surface area contributed by atoms with Crippen molar-refractivity contribution in [3.8, 4) is 6.07 Å². The summed E-state index contributed by atoms with van der Waals surface area (Å²) in [7, 11) is 0. The Kier molecular flexibility index (Phi) is 5.23. The number of halogens is 3. The molecule has 0 bridgehead atoms. The highest BCUT2D eigenvalue weighted by Gasteiger charge is 2.42. The molecular weight excluding hydrogens is 353 g/mol. The molecule has 0 radical (unpaired) electrons. The zero-order chi connectivity index (χ0) is 18.8. The molecule has 0 aliphatic rings. The second-order valence-electron chi connectivity index (χ2n) is 6.51. The van der Waals surface area contributed by atoms with Gasteiger partial charge in [-0.3, -0.25) is 9.48 Å². The molecule has 2 aromatic heterocycles. The number of alkyl halides is 3. The van der Waals surface area contributed by atoms with Crippen molar-refractivity contribution in [2.45, 2.75) is 44.8 Å². The fourth-order valence-corrected chi connectivity index (χ4v) is 3.11. The fourth-order valence-electron chi connectivity index (χ4n) is 2.14. The quantitative estimate of drug-likeness (QED) is 0.875. The van der Waals surface area contributed by atoms with Gasteiger partial charge in [0.05, 0.1) is 12.1 Å². The molecule has 1 N–H and O–H groups in total. The summed E-state index contributed by atoms with van der Waals surface area (Å²) in [6, 6.07) is 2.90. The molecule has 9 heteroatoms. The van der Waals surface area contributed by atoms with E-state index in [2.05, 4.69) is 10.4 Å². The summed E-state index contributed by atoms with van der Waals surface area (Å²) in [6.45, 7) is 5.84. The summed E-state index contributed by atoms with van der Waals surface area (Å²) in [6.07, 6.45) is -3.06. The van der Waals surface area contributed by atoms with Crippen molar-refractivity contribution in [2.75, 3.05) is 5.32 Å². The summed E-state index contributed by atoms with van der Waals surface area (Å²) in [4.78, 5) is 13.3. The second kappa shape index (κ2) is 6.88. The molecule has 1 amide bonds. The number of hydrogen-bond donors (Lipinski definition) is 1. The molecule has 2 rings (SSSR count). The van der Waals surface area contributed by atoms with Crippen LogP contribution in [-0.4, -0.2) is 21.9 Å². The van der Waals surface area contributed by atoms with Crippen LogP contribution in [0.1, 0.15) is 43.0 Å². The lowest BCUT2D eigenvalue weighted by Gasteiger charge is -2.20. The third kappa shape index (κ3) is 4.60. The molecular formula is C16H17F3N4OS. The van der Waals surface area contributed by atoms with Crippen LogP contribution in [0.4, 0.5) is 18.9 Å². The molecule has 0 saturated carbocycles. The molecule has 25 heavy (non-hydrogen) atoms. The highest BCUT2D eigenvalue weighted by molar-refractivity contribution is 7.13. The molecule has 0 aliphatic heterocycles. The van der Waals surface area contributed by atoms with E-state index >= 15 is 0 Å². The number of amides is 1. The minimum absolute atomic E-state index is 0.233. The molecule has 5 nitrogen and oxygen atoms in total. The van der Waals surface area contributed by atoms with Gasteiger partial charge in [-0.15, -0.1) is 11.3 Å². The molecule has 0 spiro atoms. The van der Waals surface area contributed by atoms with Crippen LogP contribution in [0.2, 0.25) is 0 Å². The van der Waals surface area contributed by atoms with Crippen LogP contribution in [0, 0.1) is 11.3 Å². The van der Waals surface area contributed by atoms with Crippen LogP contribution in [0.25, 0.3) is 0 Å². The maximum absolute atomic E-state index is 13.2. The standard InChI is InChI=1S/C16H17F3N4OS/c1-15(2,3)13-7-10(11(9-20)25-13)22-14(24)8-12(16(17,18)19)23-6-4-5-21-23/h4-7,12H,8H2,1-3H3,(H,22,24). The van der Waals surface area contributed by atoms with Gasteiger partial charge in [0.15, 0.2) is 6.04 Å². The zero-order valence-corrected chi connectivity index (χ0v) is 14.7. The average molecular weight is 370 g/mol. The average Bonchev–Trinajstić information content (AvgIpc) is 3.12. The second-order valence-corrected chi connectivity index (χ2v) is 7.56. The van der Waals surface area contributed by atoms with Gasteiger partial charge >= 0.3 is 6.18 Å². The van der Waals surface area contributed by atoms with Crippen molar-refractivity contribution in [1.29, 1.82) is 5.26 Å². The maximum Gasteiger partial charge on any atom is 0.411 e. The van der Waals surface area contributed by atoms with Crippen LogP contribution < -0.4 is 5.32 Å². The number of nitriles is 1. The van der Waals surface area contributed by atoms with Crippen molar-refractivity contribution < 1.29 is 18.0 Å². The van der Waals surface area contributed by atoms with Gasteiger partial charge in [0.2, 0.25) is 5.91 Å². The third-order valence-corrected chi connectivity index (χ3v) is 4.91. The number of nitrogens with one attached hydrogen (secondary N) is 1. The van der Waals surface area contributed by atoms with E-state index in [0.29, 0.717) is 4.68 Å². The van der Waals surface area contributed by atoms with E-state index in [1.165, 1.54) is 23.6 Å². The molecule has 0 aliphatic carbocycles. The maximum atomic E-state index is 13.2. The molecule has 0 fully saturated rings. The van der Waals surface area contributed by atoms with Crippen LogP contribution in [0.3, 0.4) is 0 Å².